The number of amides is 1. The minimum Gasteiger partial charge on any atom is -0.296 e. The molecule has 122 valence electrons. The predicted octanol–water partition coefficient (Wildman–Crippen LogP) is 5.26. The number of hydrogen-bond acceptors (Lipinski definition) is 4. The molecule has 1 aromatic heterocycles. The van der Waals surface area contributed by atoms with Gasteiger partial charge in [-0.1, -0.05) is 71.5 Å². The van der Waals surface area contributed by atoms with Crippen LogP contribution in [0.1, 0.15) is 10.4 Å². The first-order valence-corrected chi connectivity index (χ1v) is 8.79. The summed E-state index contributed by atoms with van der Waals surface area (Å²) in [7, 11) is 0. The first kappa shape index (κ1) is 15.7. The van der Waals surface area contributed by atoms with Crippen LogP contribution in [0.3, 0.4) is 0 Å². The van der Waals surface area contributed by atoms with Crippen LogP contribution in [0, 0.1) is 0 Å². The average Bonchev–Trinajstić information content (AvgIpc) is 3.10. The quantitative estimate of drug-likeness (QED) is 0.538. The molecule has 0 fully saturated rings. The number of aromatic nitrogens is 2. The van der Waals surface area contributed by atoms with Gasteiger partial charge in [-0.15, -0.1) is 10.2 Å². The van der Waals surface area contributed by atoms with E-state index in [0.29, 0.717) is 20.7 Å². The molecule has 1 N–H and O–H groups in total. The lowest BCUT2D eigenvalue weighted by Gasteiger charge is -2.03. The van der Waals surface area contributed by atoms with E-state index in [2.05, 4.69) is 15.5 Å². The summed E-state index contributed by atoms with van der Waals surface area (Å²) < 4.78 is 0. The van der Waals surface area contributed by atoms with Crippen LogP contribution < -0.4 is 5.32 Å². The van der Waals surface area contributed by atoms with E-state index in [1.165, 1.54) is 11.3 Å². The van der Waals surface area contributed by atoms with E-state index in [0.717, 1.165) is 16.3 Å². The summed E-state index contributed by atoms with van der Waals surface area (Å²) in [5.74, 6) is -0.215. The molecule has 0 saturated heterocycles. The molecule has 4 nitrogen and oxygen atoms in total. The summed E-state index contributed by atoms with van der Waals surface area (Å²) >= 11 is 7.46. The van der Waals surface area contributed by atoms with E-state index < -0.39 is 0 Å². The summed E-state index contributed by atoms with van der Waals surface area (Å²) in [4.78, 5) is 12.5. The molecule has 3 aromatic carbocycles. The summed E-state index contributed by atoms with van der Waals surface area (Å²) in [6, 6.07) is 20.9. The maximum absolute atomic E-state index is 12.5. The molecule has 0 aliphatic heterocycles. The van der Waals surface area contributed by atoms with Crippen LogP contribution in [0.15, 0.2) is 66.7 Å². The first-order valence-electron chi connectivity index (χ1n) is 7.59. The van der Waals surface area contributed by atoms with Gasteiger partial charge in [-0.3, -0.25) is 10.1 Å². The Morgan fingerprint density at radius 3 is 2.52 bits per heavy atom. The molecule has 0 radical (unpaired) electrons. The number of rotatable bonds is 3. The Bertz CT molecular complexity index is 1080. The van der Waals surface area contributed by atoms with E-state index in [1.54, 1.807) is 12.1 Å². The molecule has 0 aliphatic carbocycles. The van der Waals surface area contributed by atoms with Gasteiger partial charge in [-0.05, 0) is 29.0 Å². The maximum Gasteiger partial charge on any atom is 0.257 e. The highest BCUT2D eigenvalue weighted by Gasteiger charge is 2.13. The highest BCUT2D eigenvalue weighted by Crippen LogP contribution is 2.31. The van der Waals surface area contributed by atoms with E-state index in [1.807, 2.05) is 54.6 Å². The predicted molar refractivity (Wildman–Crippen MR) is 102 cm³/mol. The number of anilines is 1. The van der Waals surface area contributed by atoms with Gasteiger partial charge in [0.2, 0.25) is 5.13 Å². The van der Waals surface area contributed by atoms with Gasteiger partial charge in [-0.25, -0.2) is 0 Å². The van der Waals surface area contributed by atoms with E-state index >= 15 is 0 Å². The number of hydrogen-bond donors (Lipinski definition) is 1. The second-order valence-electron chi connectivity index (χ2n) is 5.41. The van der Waals surface area contributed by atoms with Crippen LogP contribution in [0.4, 0.5) is 5.13 Å². The molecule has 1 amide bonds. The van der Waals surface area contributed by atoms with Crippen LogP contribution in [0.2, 0.25) is 5.02 Å². The summed E-state index contributed by atoms with van der Waals surface area (Å²) in [5, 5.41) is 14.8. The van der Waals surface area contributed by atoms with Gasteiger partial charge >= 0.3 is 0 Å². The van der Waals surface area contributed by atoms with Crippen LogP contribution >= 0.6 is 22.9 Å². The monoisotopic (exact) mass is 365 g/mol. The second kappa shape index (κ2) is 6.63. The molecule has 0 spiro atoms. The highest BCUT2D eigenvalue weighted by atomic mass is 35.5. The van der Waals surface area contributed by atoms with E-state index in [4.69, 9.17) is 11.6 Å². The van der Waals surface area contributed by atoms with E-state index in [-0.39, 0.29) is 5.91 Å². The number of benzene rings is 3. The van der Waals surface area contributed by atoms with E-state index in [9.17, 15) is 4.79 Å². The number of carbonyl (C=O) groups is 1. The largest absolute Gasteiger partial charge is 0.296 e. The minimum absolute atomic E-state index is 0.215. The molecule has 0 aliphatic rings. The molecule has 25 heavy (non-hydrogen) atoms. The smallest absolute Gasteiger partial charge is 0.257 e. The van der Waals surface area contributed by atoms with Gasteiger partial charge in [0, 0.05) is 11.1 Å². The van der Waals surface area contributed by atoms with Crippen molar-refractivity contribution in [2.45, 2.75) is 0 Å². The Morgan fingerprint density at radius 2 is 1.68 bits per heavy atom. The lowest BCUT2D eigenvalue weighted by atomic mass is 10.1. The molecule has 4 rings (SSSR count). The minimum atomic E-state index is -0.215. The van der Waals surface area contributed by atoms with Gasteiger partial charge < -0.3 is 0 Å². The van der Waals surface area contributed by atoms with Crippen molar-refractivity contribution >= 4 is 44.7 Å². The summed E-state index contributed by atoms with van der Waals surface area (Å²) in [6.07, 6.45) is 0. The summed E-state index contributed by atoms with van der Waals surface area (Å²) in [6.45, 7) is 0. The number of halogens is 1. The SMILES string of the molecule is O=C(Nc1nnc(-c2ccccc2Cl)s1)c1ccc2ccccc2c1. The van der Waals surface area contributed by atoms with Gasteiger partial charge in [0.05, 0.1) is 5.02 Å². The van der Waals surface area contributed by atoms with Crippen molar-refractivity contribution in [3.8, 4) is 10.6 Å². The van der Waals surface area contributed by atoms with Crippen molar-refractivity contribution in [3.05, 3.63) is 77.3 Å². The zero-order valence-electron chi connectivity index (χ0n) is 12.9. The van der Waals surface area contributed by atoms with Gasteiger partial charge in [0.15, 0.2) is 5.01 Å². The Labute approximate surface area is 153 Å². The normalized spacial score (nSPS) is 10.8. The highest BCUT2D eigenvalue weighted by molar-refractivity contribution is 7.18. The fraction of sp³-hybridized carbons (Fsp3) is 0. The number of fused-ring (bicyclic) bond motifs is 1. The average molecular weight is 366 g/mol. The van der Waals surface area contributed by atoms with Crippen molar-refractivity contribution in [2.75, 3.05) is 5.32 Å². The molecule has 4 aromatic rings. The molecule has 1 heterocycles. The first-order chi connectivity index (χ1) is 12.2. The van der Waals surface area contributed by atoms with Crippen LogP contribution in [0.25, 0.3) is 21.3 Å². The summed E-state index contributed by atoms with van der Waals surface area (Å²) in [5.41, 5.74) is 1.38. The van der Waals surface area contributed by atoms with Gasteiger partial charge in [0.1, 0.15) is 0 Å². The molecule has 0 saturated carbocycles. The molecule has 0 bridgehead atoms. The molecule has 6 heteroatoms. The lowest BCUT2D eigenvalue weighted by molar-refractivity contribution is 0.102. The molecule has 0 unspecified atom stereocenters. The Kier molecular flexibility index (Phi) is 4.17. The maximum atomic E-state index is 12.5. The van der Waals surface area contributed by atoms with Crippen LogP contribution in [-0.2, 0) is 0 Å². The number of nitrogens with zero attached hydrogens (tertiary/aromatic N) is 2. The Morgan fingerprint density at radius 1 is 0.920 bits per heavy atom. The third-order valence-corrected chi connectivity index (χ3v) is 4.96. The van der Waals surface area contributed by atoms with Crippen LogP contribution in [-0.4, -0.2) is 16.1 Å². The second-order valence-corrected chi connectivity index (χ2v) is 6.79. The van der Waals surface area contributed by atoms with Crippen LogP contribution in [0.5, 0.6) is 0 Å². The zero-order chi connectivity index (χ0) is 17.2. The lowest BCUT2D eigenvalue weighted by Crippen LogP contribution is -2.11. The topological polar surface area (TPSA) is 54.9 Å². The van der Waals surface area contributed by atoms with Crippen molar-refractivity contribution in [2.24, 2.45) is 0 Å². The Balaban J connectivity index is 1.57. The molecular formula is C19H12ClN3OS. The third-order valence-electron chi connectivity index (χ3n) is 3.76. The van der Waals surface area contributed by atoms with Gasteiger partial charge in [0.25, 0.3) is 5.91 Å². The van der Waals surface area contributed by atoms with Crippen molar-refractivity contribution < 1.29 is 4.79 Å². The molecule has 0 atom stereocenters. The van der Waals surface area contributed by atoms with Crippen molar-refractivity contribution in [1.82, 2.24) is 10.2 Å². The zero-order valence-corrected chi connectivity index (χ0v) is 14.5. The third kappa shape index (κ3) is 3.24. The number of carbonyl (C=O) groups excluding carboxylic acids is 1. The fourth-order valence-corrected chi connectivity index (χ4v) is 3.58. The Hall–Kier alpha value is -2.76. The van der Waals surface area contributed by atoms with Crippen molar-refractivity contribution in [3.63, 3.8) is 0 Å². The fourth-order valence-electron chi connectivity index (χ4n) is 2.52. The van der Waals surface area contributed by atoms with Gasteiger partial charge in [-0.2, -0.15) is 0 Å². The van der Waals surface area contributed by atoms with Crippen molar-refractivity contribution in [1.29, 1.82) is 0 Å². The molecular weight excluding hydrogens is 354 g/mol. The standard InChI is InChI=1S/C19H12ClN3OS/c20-16-8-4-3-7-15(16)18-22-23-19(25-18)21-17(24)14-10-9-12-5-1-2-6-13(12)11-14/h1-11H,(H,21,23,24). The number of nitrogens with one attached hydrogen (secondary N) is 1.